The summed E-state index contributed by atoms with van der Waals surface area (Å²) in [5.41, 5.74) is 1.00. The second kappa shape index (κ2) is 4.34. The summed E-state index contributed by atoms with van der Waals surface area (Å²) in [6, 6.07) is 9.99. The summed E-state index contributed by atoms with van der Waals surface area (Å²) < 4.78 is 0. The standard InChI is InChI=1S/C12H16N2O/c1-2-8-13-9-10-14(12(13)15)11-6-4-3-5-7-11/h3-7H,2,8-10H2,1H3. The molecule has 80 valence electrons. The lowest BCUT2D eigenvalue weighted by Gasteiger charge is -2.17. The van der Waals surface area contributed by atoms with Crippen molar-refractivity contribution in [3.05, 3.63) is 30.3 Å². The van der Waals surface area contributed by atoms with Gasteiger partial charge in [-0.1, -0.05) is 25.1 Å². The van der Waals surface area contributed by atoms with Crippen molar-refractivity contribution in [3.8, 4) is 0 Å². The zero-order valence-electron chi connectivity index (χ0n) is 9.02. The number of carbonyl (C=O) groups is 1. The molecule has 0 aliphatic carbocycles. The zero-order valence-corrected chi connectivity index (χ0v) is 9.02. The Labute approximate surface area is 90.3 Å². The number of hydrogen-bond donors (Lipinski definition) is 0. The molecule has 0 aromatic heterocycles. The summed E-state index contributed by atoms with van der Waals surface area (Å²) in [6.07, 6.45) is 1.02. The van der Waals surface area contributed by atoms with Gasteiger partial charge in [-0.15, -0.1) is 0 Å². The van der Waals surface area contributed by atoms with Crippen LogP contribution >= 0.6 is 0 Å². The smallest absolute Gasteiger partial charge is 0.323 e. The van der Waals surface area contributed by atoms with E-state index in [1.165, 1.54) is 0 Å². The normalized spacial score (nSPS) is 16.2. The molecule has 1 aromatic carbocycles. The Kier molecular flexibility index (Phi) is 2.90. The Bertz CT molecular complexity index is 337. The van der Waals surface area contributed by atoms with Gasteiger partial charge in [-0.05, 0) is 18.6 Å². The highest BCUT2D eigenvalue weighted by atomic mass is 16.2. The number of hydrogen-bond acceptors (Lipinski definition) is 1. The monoisotopic (exact) mass is 204 g/mol. The number of anilines is 1. The van der Waals surface area contributed by atoms with Gasteiger partial charge in [0.15, 0.2) is 0 Å². The highest BCUT2D eigenvalue weighted by molar-refractivity contribution is 5.94. The summed E-state index contributed by atoms with van der Waals surface area (Å²) >= 11 is 0. The fourth-order valence-electron chi connectivity index (χ4n) is 1.91. The molecule has 0 spiro atoms. The molecule has 1 aliphatic rings. The van der Waals surface area contributed by atoms with Crippen LogP contribution in [0.1, 0.15) is 13.3 Å². The van der Waals surface area contributed by atoms with Gasteiger partial charge in [0.25, 0.3) is 0 Å². The Balaban J connectivity index is 2.11. The van der Waals surface area contributed by atoms with Crippen LogP contribution in [0.2, 0.25) is 0 Å². The first-order chi connectivity index (χ1) is 7.33. The Morgan fingerprint density at radius 1 is 1.20 bits per heavy atom. The Hall–Kier alpha value is -1.51. The van der Waals surface area contributed by atoms with Crippen LogP contribution in [-0.4, -0.2) is 30.6 Å². The lowest BCUT2D eigenvalue weighted by Crippen LogP contribution is -2.32. The van der Waals surface area contributed by atoms with E-state index in [0.717, 1.165) is 31.7 Å². The first kappa shape index (κ1) is 10.0. The lowest BCUT2D eigenvalue weighted by molar-refractivity contribution is 0.220. The predicted octanol–water partition coefficient (Wildman–Crippen LogP) is 2.34. The zero-order chi connectivity index (χ0) is 10.7. The number of urea groups is 1. The average Bonchev–Trinajstić information content (AvgIpc) is 2.63. The van der Waals surface area contributed by atoms with E-state index in [1.807, 2.05) is 40.1 Å². The minimum absolute atomic E-state index is 0.142. The van der Waals surface area contributed by atoms with Crippen molar-refractivity contribution >= 4 is 11.7 Å². The van der Waals surface area contributed by atoms with Crippen molar-refractivity contribution in [2.75, 3.05) is 24.5 Å². The molecule has 1 saturated heterocycles. The van der Waals surface area contributed by atoms with Crippen molar-refractivity contribution in [3.63, 3.8) is 0 Å². The van der Waals surface area contributed by atoms with Crippen LogP contribution in [0, 0.1) is 0 Å². The fraction of sp³-hybridized carbons (Fsp3) is 0.417. The summed E-state index contributed by atoms with van der Waals surface area (Å²) in [4.78, 5) is 15.7. The van der Waals surface area contributed by atoms with E-state index >= 15 is 0 Å². The quantitative estimate of drug-likeness (QED) is 0.741. The number of nitrogens with zero attached hydrogens (tertiary/aromatic N) is 2. The van der Waals surface area contributed by atoms with E-state index in [0.29, 0.717) is 0 Å². The van der Waals surface area contributed by atoms with Gasteiger partial charge >= 0.3 is 6.03 Å². The van der Waals surface area contributed by atoms with Crippen molar-refractivity contribution < 1.29 is 4.79 Å². The molecular weight excluding hydrogens is 188 g/mol. The summed E-state index contributed by atoms with van der Waals surface area (Å²) in [5.74, 6) is 0. The third kappa shape index (κ3) is 1.96. The van der Waals surface area contributed by atoms with Gasteiger partial charge in [0.05, 0.1) is 0 Å². The summed E-state index contributed by atoms with van der Waals surface area (Å²) in [5, 5.41) is 0. The van der Waals surface area contributed by atoms with Gasteiger partial charge in [0.2, 0.25) is 0 Å². The molecule has 0 unspecified atom stereocenters. The molecule has 0 saturated carbocycles. The number of rotatable bonds is 3. The van der Waals surface area contributed by atoms with Crippen LogP contribution in [0.25, 0.3) is 0 Å². The molecular formula is C12H16N2O. The van der Waals surface area contributed by atoms with Crippen molar-refractivity contribution in [2.45, 2.75) is 13.3 Å². The number of para-hydroxylation sites is 1. The maximum absolute atomic E-state index is 11.9. The molecule has 1 fully saturated rings. The van der Waals surface area contributed by atoms with Gasteiger partial charge in [0, 0.05) is 25.3 Å². The largest absolute Gasteiger partial charge is 0.324 e. The molecule has 3 nitrogen and oxygen atoms in total. The minimum atomic E-state index is 0.142. The van der Waals surface area contributed by atoms with E-state index < -0.39 is 0 Å². The maximum Gasteiger partial charge on any atom is 0.324 e. The average molecular weight is 204 g/mol. The SMILES string of the molecule is CCCN1CCN(c2ccccc2)C1=O. The molecule has 2 rings (SSSR count). The molecule has 1 aromatic rings. The molecule has 0 N–H and O–H groups in total. The number of benzene rings is 1. The number of carbonyl (C=O) groups excluding carboxylic acids is 1. The van der Waals surface area contributed by atoms with E-state index in [1.54, 1.807) is 0 Å². The molecule has 0 atom stereocenters. The highest BCUT2D eigenvalue weighted by Gasteiger charge is 2.28. The Morgan fingerprint density at radius 2 is 1.93 bits per heavy atom. The van der Waals surface area contributed by atoms with Gasteiger partial charge in [-0.25, -0.2) is 4.79 Å². The maximum atomic E-state index is 11.9. The first-order valence-corrected chi connectivity index (χ1v) is 5.44. The van der Waals surface area contributed by atoms with Crippen molar-refractivity contribution in [1.29, 1.82) is 0 Å². The summed E-state index contributed by atoms with van der Waals surface area (Å²) in [6.45, 7) is 4.62. The highest BCUT2D eigenvalue weighted by Crippen LogP contribution is 2.19. The third-order valence-corrected chi connectivity index (χ3v) is 2.66. The van der Waals surface area contributed by atoms with Gasteiger partial charge in [0.1, 0.15) is 0 Å². The molecule has 0 radical (unpaired) electrons. The summed E-state index contributed by atoms with van der Waals surface area (Å²) in [7, 11) is 0. The van der Waals surface area contributed by atoms with Crippen LogP contribution in [0.3, 0.4) is 0 Å². The molecule has 1 heterocycles. The topological polar surface area (TPSA) is 23.6 Å². The molecule has 15 heavy (non-hydrogen) atoms. The van der Waals surface area contributed by atoms with Gasteiger partial charge in [-0.3, -0.25) is 4.90 Å². The van der Waals surface area contributed by atoms with Crippen LogP contribution in [-0.2, 0) is 0 Å². The van der Waals surface area contributed by atoms with Crippen LogP contribution in [0.5, 0.6) is 0 Å². The van der Waals surface area contributed by atoms with Crippen LogP contribution in [0.4, 0.5) is 10.5 Å². The van der Waals surface area contributed by atoms with Crippen molar-refractivity contribution in [2.24, 2.45) is 0 Å². The van der Waals surface area contributed by atoms with Gasteiger partial charge in [-0.2, -0.15) is 0 Å². The molecule has 3 heteroatoms. The lowest BCUT2D eigenvalue weighted by atomic mass is 10.3. The third-order valence-electron chi connectivity index (χ3n) is 2.66. The molecule has 0 bridgehead atoms. The second-order valence-electron chi connectivity index (χ2n) is 3.76. The predicted molar refractivity (Wildman–Crippen MR) is 61.0 cm³/mol. The van der Waals surface area contributed by atoms with Gasteiger partial charge < -0.3 is 4.90 Å². The van der Waals surface area contributed by atoms with Crippen molar-refractivity contribution in [1.82, 2.24) is 4.90 Å². The van der Waals surface area contributed by atoms with E-state index in [-0.39, 0.29) is 6.03 Å². The first-order valence-electron chi connectivity index (χ1n) is 5.44. The van der Waals surface area contributed by atoms with E-state index in [9.17, 15) is 4.79 Å². The van der Waals surface area contributed by atoms with E-state index in [2.05, 4.69) is 6.92 Å². The second-order valence-corrected chi connectivity index (χ2v) is 3.76. The fourth-order valence-corrected chi connectivity index (χ4v) is 1.91. The van der Waals surface area contributed by atoms with Crippen LogP contribution < -0.4 is 4.90 Å². The van der Waals surface area contributed by atoms with Crippen LogP contribution in [0.15, 0.2) is 30.3 Å². The number of amides is 2. The Morgan fingerprint density at radius 3 is 2.60 bits per heavy atom. The van der Waals surface area contributed by atoms with E-state index in [4.69, 9.17) is 0 Å². The minimum Gasteiger partial charge on any atom is -0.323 e. The molecule has 1 aliphatic heterocycles. The molecule has 2 amide bonds.